The van der Waals surface area contributed by atoms with Crippen molar-refractivity contribution in [2.75, 3.05) is 4.90 Å². The van der Waals surface area contributed by atoms with Gasteiger partial charge in [0.25, 0.3) is 0 Å². The molecule has 5 nitrogen and oxygen atoms in total. The minimum atomic E-state index is -5.14. The summed E-state index contributed by atoms with van der Waals surface area (Å²) in [6, 6.07) is 5.01. The second kappa shape index (κ2) is 6.41. The van der Waals surface area contributed by atoms with Gasteiger partial charge in [-0.05, 0) is 23.8 Å². The molecule has 0 aliphatic carbocycles. The second-order valence-corrected chi connectivity index (χ2v) is 5.64. The molecule has 0 bridgehead atoms. The number of aromatic nitrogens is 1. The molecule has 27 heavy (non-hydrogen) atoms. The summed E-state index contributed by atoms with van der Waals surface area (Å²) in [5, 5.41) is 9.45. The molecule has 1 aromatic carbocycles. The van der Waals surface area contributed by atoms with E-state index in [1.807, 2.05) is 0 Å². The molecule has 0 saturated heterocycles. The number of pyridine rings is 1. The van der Waals surface area contributed by atoms with Crippen molar-refractivity contribution < 1.29 is 41.0 Å². The maximum Gasteiger partial charge on any atom is 0.483 e. The number of para-hydroxylation sites is 1. The van der Waals surface area contributed by atoms with Crippen molar-refractivity contribution in [1.29, 1.82) is 0 Å². The summed E-state index contributed by atoms with van der Waals surface area (Å²) in [4.78, 5) is 15.8. The third kappa shape index (κ3) is 3.54. The summed E-state index contributed by atoms with van der Waals surface area (Å²) in [5.41, 5.74) is -1.32. The van der Waals surface area contributed by atoms with Gasteiger partial charge in [-0.15, -0.1) is 0 Å². The van der Waals surface area contributed by atoms with E-state index in [2.05, 4.69) is 9.72 Å². The predicted molar refractivity (Wildman–Crippen MR) is 78.4 cm³/mol. The quantitative estimate of drug-likeness (QED) is 0.643. The lowest BCUT2D eigenvalue weighted by atomic mass is 10.0. The first kappa shape index (κ1) is 19.0. The largest absolute Gasteiger partial charge is 0.483 e. The molecule has 1 N–H and O–H groups in total. The number of benzene rings is 1. The van der Waals surface area contributed by atoms with Crippen molar-refractivity contribution in [2.45, 2.75) is 24.9 Å². The van der Waals surface area contributed by atoms with Crippen LogP contribution in [0, 0.1) is 5.95 Å². The van der Waals surface area contributed by atoms with Gasteiger partial charge in [-0.3, -0.25) is 9.69 Å². The number of alkyl halides is 5. The highest BCUT2D eigenvalue weighted by molar-refractivity contribution is 6.01. The Balaban J connectivity index is 2.10. The Morgan fingerprint density at radius 3 is 2.59 bits per heavy atom. The zero-order valence-electron chi connectivity index (χ0n) is 13.2. The van der Waals surface area contributed by atoms with E-state index in [9.17, 15) is 36.2 Å². The topological polar surface area (TPSA) is 62.7 Å². The number of carbonyl (C=O) groups excluding carboxylic acids is 1. The Morgan fingerprint density at radius 1 is 1.26 bits per heavy atom. The maximum atomic E-state index is 14.0. The molecule has 2 heterocycles. The fourth-order valence-corrected chi connectivity index (χ4v) is 2.58. The molecule has 11 heteroatoms. The van der Waals surface area contributed by atoms with Crippen LogP contribution in [0.2, 0.25) is 0 Å². The smallest absolute Gasteiger partial charge is 0.423 e. The van der Waals surface area contributed by atoms with Crippen LogP contribution in [0.4, 0.5) is 32.0 Å². The number of carbonyl (C=O) groups is 1. The molecule has 1 atom stereocenters. The zero-order valence-corrected chi connectivity index (χ0v) is 13.2. The number of rotatable bonds is 3. The van der Waals surface area contributed by atoms with Crippen LogP contribution in [-0.4, -0.2) is 28.3 Å². The van der Waals surface area contributed by atoms with Gasteiger partial charge in [0.1, 0.15) is 0 Å². The lowest BCUT2D eigenvalue weighted by molar-refractivity contribution is -0.211. The Morgan fingerprint density at radius 2 is 1.96 bits per heavy atom. The van der Waals surface area contributed by atoms with Crippen LogP contribution in [-0.2, 0) is 11.3 Å². The average molecular weight is 392 g/mol. The number of hydrogen-bond donors (Lipinski definition) is 1. The Kier molecular flexibility index (Phi) is 4.50. The standard InChI is InChI=1S/C16H10F6N2O3/c17-11-6-8(4-5-23-11)7-24-10-3-1-2-9(13(25)15(18,19)20)12(10)27-16(21,22)14(24)26/h1-6,13,25H,7H2/t13-/m0/s1. The lowest BCUT2D eigenvalue weighted by Crippen LogP contribution is -2.50. The molecule has 1 aromatic heterocycles. The molecule has 0 unspecified atom stereocenters. The molecule has 2 aromatic rings. The number of fused-ring (bicyclic) bond motifs is 1. The average Bonchev–Trinajstić information content (AvgIpc) is 2.57. The molecular formula is C16H10F6N2O3. The van der Waals surface area contributed by atoms with E-state index in [1.54, 1.807) is 0 Å². The number of nitrogens with zero attached hydrogens (tertiary/aromatic N) is 2. The normalized spacial score (nSPS) is 17.3. The Bertz CT molecular complexity index is 887. The van der Waals surface area contributed by atoms with E-state index in [0.717, 1.165) is 30.5 Å². The van der Waals surface area contributed by atoms with Crippen molar-refractivity contribution in [3.63, 3.8) is 0 Å². The minimum Gasteiger partial charge on any atom is -0.423 e. The molecule has 0 fully saturated rings. The van der Waals surface area contributed by atoms with Crippen LogP contribution in [0.25, 0.3) is 0 Å². The number of hydrogen-bond acceptors (Lipinski definition) is 4. The third-order valence-corrected chi connectivity index (χ3v) is 3.78. The van der Waals surface area contributed by atoms with Crippen molar-refractivity contribution in [2.24, 2.45) is 0 Å². The monoisotopic (exact) mass is 392 g/mol. The van der Waals surface area contributed by atoms with Crippen LogP contribution in [0.15, 0.2) is 36.5 Å². The number of ether oxygens (including phenoxy) is 1. The van der Waals surface area contributed by atoms with Crippen LogP contribution < -0.4 is 9.64 Å². The van der Waals surface area contributed by atoms with Gasteiger partial charge in [-0.25, -0.2) is 4.98 Å². The number of amides is 1. The summed E-state index contributed by atoms with van der Waals surface area (Å²) in [7, 11) is 0. The lowest BCUT2D eigenvalue weighted by Gasteiger charge is -2.35. The van der Waals surface area contributed by atoms with E-state index >= 15 is 0 Å². The van der Waals surface area contributed by atoms with E-state index < -0.39 is 53.8 Å². The van der Waals surface area contributed by atoms with Crippen molar-refractivity contribution in [1.82, 2.24) is 4.98 Å². The molecule has 144 valence electrons. The van der Waals surface area contributed by atoms with Crippen LogP contribution >= 0.6 is 0 Å². The highest BCUT2D eigenvalue weighted by Gasteiger charge is 2.52. The summed E-state index contributed by atoms with van der Waals surface area (Å²) in [6.45, 7) is -0.574. The first-order valence-electron chi connectivity index (χ1n) is 7.37. The SMILES string of the molecule is O=C1N(Cc2ccnc(F)c2)c2cccc([C@H](O)C(F)(F)F)c2OC1(F)F. The van der Waals surface area contributed by atoms with E-state index in [4.69, 9.17) is 0 Å². The Labute approximate surface area is 147 Å². The summed E-state index contributed by atoms with van der Waals surface area (Å²) in [5.74, 6) is -3.76. The number of anilines is 1. The molecule has 0 radical (unpaired) electrons. The molecule has 0 saturated carbocycles. The van der Waals surface area contributed by atoms with Crippen LogP contribution in [0.5, 0.6) is 5.75 Å². The fourth-order valence-electron chi connectivity index (χ4n) is 2.58. The molecule has 1 aliphatic rings. The third-order valence-electron chi connectivity index (χ3n) is 3.78. The summed E-state index contributed by atoms with van der Waals surface area (Å²) < 4.78 is 83.9. The molecule has 3 rings (SSSR count). The number of aliphatic hydroxyl groups is 1. The van der Waals surface area contributed by atoms with Gasteiger partial charge in [0.2, 0.25) is 5.95 Å². The molecule has 0 spiro atoms. The van der Waals surface area contributed by atoms with Gasteiger partial charge in [0.15, 0.2) is 11.9 Å². The molecule has 1 aliphatic heterocycles. The highest BCUT2D eigenvalue weighted by atomic mass is 19.4. The number of aliphatic hydroxyl groups excluding tert-OH is 1. The summed E-state index contributed by atoms with van der Waals surface area (Å²) in [6.07, 6.45) is -11.7. The summed E-state index contributed by atoms with van der Waals surface area (Å²) >= 11 is 0. The predicted octanol–water partition coefficient (Wildman–Crippen LogP) is 3.33. The van der Waals surface area contributed by atoms with Gasteiger partial charge in [0.05, 0.1) is 12.2 Å². The Hall–Kier alpha value is -2.82. The van der Waals surface area contributed by atoms with Gasteiger partial charge >= 0.3 is 18.2 Å². The maximum absolute atomic E-state index is 14.0. The van der Waals surface area contributed by atoms with E-state index in [0.29, 0.717) is 4.90 Å². The van der Waals surface area contributed by atoms with Crippen molar-refractivity contribution in [3.8, 4) is 5.75 Å². The number of halogens is 6. The van der Waals surface area contributed by atoms with Crippen molar-refractivity contribution in [3.05, 3.63) is 53.6 Å². The first-order valence-corrected chi connectivity index (χ1v) is 7.37. The van der Waals surface area contributed by atoms with Crippen LogP contribution in [0.1, 0.15) is 17.2 Å². The minimum absolute atomic E-state index is 0.0706. The van der Waals surface area contributed by atoms with Gasteiger partial charge in [0, 0.05) is 11.8 Å². The van der Waals surface area contributed by atoms with Crippen molar-refractivity contribution >= 4 is 11.6 Å². The molecule has 1 amide bonds. The highest BCUT2D eigenvalue weighted by Crippen LogP contribution is 2.47. The van der Waals surface area contributed by atoms with Gasteiger partial charge in [-0.1, -0.05) is 12.1 Å². The van der Waals surface area contributed by atoms with Crippen LogP contribution in [0.3, 0.4) is 0 Å². The zero-order chi connectivity index (χ0) is 20.0. The van der Waals surface area contributed by atoms with Gasteiger partial charge < -0.3 is 9.84 Å². The molecular weight excluding hydrogens is 382 g/mol. The van der Waals surface area contributed by atoms with Gasteiger partial charge in [-0.2, -0.15) is 26.3 Å². The van der Waals surface area contributed by atoms with E-state index in [1.165, 1.54) is 6.07 Å². The fraction of sp³-hybridized carbons (Fsp3) is 0.250. The first-order chi connectivity index (χ1) is 12.5. The van der Waals surface area contributed by atoms with E-state index in [-0.39, 0.29) is 5.56 Å². The second-order valence-electron chi connectivity index (χ2n) is 5.64.